The van der Waals surface area contributed by atoms with Crippen LogP contribution in [0.3, 0.4) is 0 Å². The molecule has 1 saturated carbocycles. The van der Waals surface area contributed by atoms with Crippen LogP contribution in [0.5, 0.6) is 5.88 Å². The summed E-state index contributed by atoms with van der Waals surface area (Å²) < 4.78 is 5.42. The second-order valence-electron chi connectivity index (χ2n) is 5.85. The van der Waals surface area contributed by atoms with Crippen molar-refractivity contribution in [1.29, 1.82) is 0 Å². The molecule has 1 aromatic heterocycles. The third kappa shape index (κ3) is 2.87. The van der Waals surface area contributed by atoms with E-state index in [2.05, 4.69) is 22.4 Å². The standard InChI is InChI=1S/C17H22N2O2/c1-21-16-14(10-13-6-2-3-7-15(13)19-16)11-18-17(12-20)8-4-5-9-17/h2-3,6-7,10,18,20H,4-5,8-9,11-12H2,1H3. The number of nitrogens with one attached hydrogen (secondary N) is 1. The summed E-state index contributed by atoms with van der Waals surface area (Å²) in [6.45, 7) is 0.859. The predicted molar refractivity (Wildman–Crippen MR) is 83.4 cm³/mol. The summed E-state index contributed by atoms with van der Waals surface area (Å²) in [5, 5.41) is 14.3. The van der Waals surface area contributed by atoms with Crippen molar-refractivity contribution in [2.75, 3.05) is 13.7 Å². The van der Waals surface area contributed by atoms with E-state index in [0.717, 1.165) is 29.3 Å². The molecule has 1 heterocycles. The first-order valence-corrected chi connectivity index (χ1v) is 7.55. The maximum absolute atomic E-state index is 9.68. The molecule has 112 valence electrons. The van der Waals surface area contributed by atoms with Crippen molar-refractivity contribution in [3.63, 3.8) is 0 Å². The van der Waals surface area contributed by atoms with E-state index in [-0.39, 0.29) is 12.1 Å². The van der Waals surface area contributed by atoms with Crippen LogP contribution in [0.1, 0.15) is 31.2 Å². The number of para-hydroxylation sites is 1. The van der Waals surface area contributed by atoms with Crippen molar-refractivity contribution >= 4 is 10.9 Å². The smallest absolute Gasteiger partial charge is 0.218 e. The Morgan fingerprint density at radius 1 is 1.29 bits per heavy atom. The monoisotopic (exact) mass is 286 g/mol. The zero-order valence-corrected chi connectivity index (χ0v) is 12.4. The fourth-order valence-corrected chi connectivity index (χ4v) is 3.17. The van der Waals surface area contributed by atoms with E-state index < -0.39 is 0 Å². The molecule has 0 radical (unpaired) electrons. The maximum atomic E-state index is 9.68. The number of aromatic nitrogens is 1. The maximum Gasteiger partial charge on any atom is 0.218 e. The number of aliphatic hydroxyl groups excluding tert-OH is 1. The molecule has 0 unspecified atom stereocenters. The Bertz CT molecular complexity index is 621. The highest BCUT2D eigenvalue weighted by atomic mass is 16.5. The largest absolute Gasteiger partial charge is 0.481 e. The number of nitrogens with zero attached hydrogens (tertiary/aromatic N) is 1. The number of fused-ring (bicyclic) bond motifs is 1. The second-order valence-corrected chi connectivity index (χ2v) is 5.85. The van der Waals surface area contributed by atoms with Gasteiger partial charge in [-0.3, -0.25) is 0 Å². The molecule has 0 bridgehead atoms. The molecular formula is C17H22N2O2. The van der Waals surface area contributed by atoms with E-state index in [1.807, 2.05) is 18.2 Å². The Labute approximate surface area is 125 Å². The van der Waals surface area contributed by atoms with Crippen molar-refractivity contribution in [2.45, 2.75) is 37.8 Å². The van der Waals surface area contributed by atoms with E-state index in [1.165, 1.54) is 12.8 Å². The first-order chi connectivity index (χ1) is 10.3. The highest BCUT2D eigenvalue weighted by Gasteiger charge is 2.32. The molecule has 3 rings (SSSR count). The van der Waals surface area contributed by atoms with Crippen molar-refractivity contribution < 1.29 is 9.84 Å². The lowest BCUT2D eigenvalue weighted by Gasteiger charge is -2.28. The van der Waals surface area contributed by atoms with Gasteiger partial charge in [0, 0.05) is 23.0 Å². The lowest BCUT2D eigenvalue weighted by molar-refractivity contribution is 0.162. The van der Waals surface area contributed by atoms with Gasteiger partial charge in [-0.2, -0.15) is 0 Å². The average Bonchev–Trinajstić information content (AvgIpc) is 3.01. The van der Waals surface area contributed by atoms with Crippen LogP contribution in [0.25, 0.3) is 10.9 Å². The van der Waals surface area contributed by atoms with Crippen LogP contribution in [-0.2, 0) is 6.54 Å². The van der Waals surface area contributed by atoms with Crippen molar-refractivity contribution in [3.05, 3.63) is 35.9 Å². The molecule has 1 aliphatic rings. The number of ether oxygens (including phenoxy) is 1. The highest BCUT2D eigenvalue weighted by Crippen LogP contribution is 2.30. The Morgan fingerprint density at radius 3 is 2.76 bits per heavy atom. The predicted octanol–water partition coefficient (Wildman–Crippen LogP) is 2.64. The van der Waals surface area contributed by atoms with E-state index in [1.54, 1.807) is 7.11 Å². The van der Waals surface area contributed by atoms with Crippen molar-refractivity contribution in [1.82, 2.24) is 10.3 Å². The van der Waals surface area contributed by atoms with Gasteiger partial charge < -0.3 is 15.2 Å². The SMILES string of the molecule is COc1nc2ccccc2cc1CNC1(CO)CCCC1. The first-order valence-electron chi connectivity index (χ1n) is 7.55. The van der Waals surface area contributed by atoms with Crippen molar-refractivity contribution in [2.24, 2.45) is 0 Å². The minimum absolute atomic E-state index is 0.128. The third-order valence-corrected chi connectivity index (χ3v) is 4.47. The topological polar surface area (TPSA) is 54.4 Å². The number of methoxy groups -OCH3 is 1. The Morgan fingerprint density at radius 2 is 2.05 bits per heavy atom. The molecule has 1 fully saturated rings. The number of aliphatic hydroxyl groups is 1. The molecule has 0 aliphatic heterocycles. The second kappa shape index (κ2) is 6.00. The molecule has 0 amide bonds. The average molecular weight is 286 g/mol. The van der Waals surface area contributed by atoms with Crippen LogP contribution < -0.4 is 10.1 Å². The van der Waals surface area contributed by atoms with Crippen molar-refractivity contribution in [3.8, 4) is 5.88 Å². The van der Waals surface area contributed by atoms with Gasteiger partial charge in [0.25, 0.3) is 0 Å². The molecule has 1 aromatic carbocycles. The molecule has 0 spiro atoms. The summed E-state index contributed by atoms with van der Waals surface area (Å²) in [6, 6.07) is 10.2. The minimum Gasteiger partial charge on any atom is -0.481 e. The zero-order chi connectivity index (χ0) is 14.7. The zero-order valence-electron chi connectivity index (χ0n) is 12.4. The molecule has 4 nitrogen and oxygen atoms in total. The fourth-order valence-electron chi connectivity index (χ4n) is 3.17. The summed E-state index contributed by atoms with van der Waals surface area (Å²) in [4.78, 5) is 4.56. The number of pyridine rings is 1. The molecule has 0 atom stereocenters. The fraction of sp³-hybridized carbons (Fsp3) is 0.471. The van der Waals surface area contributed by atoms with Crippen LogP contribution >= 0.6 is 0 Å². The lowest BCUT2D eigenvalue weighted by Crippen LogP contribution is -2.45. The van der Waals surface area contributed by atoms with Crippen LogP contribution in [0.15, 0.2) is 30.3 Å². The summed E-state index contributed by atoms with van der Waals surface area (Å²) in [5.74, 6) is 0.660. The van der Waals surface area contributed by atoms with Gasteiger partial charge in [0.05, 0.1) is 19.2 Å². The van der Waals surface area contributed by atoms with Gasteiger partial charge >= 0.3 is 0 Å². The van der Waals surface area contributed by atoms with Gasteiger partial charge in [0.1, 0.15) is 0 Å². The van der Waals surface area contributed by atoms with E-state index >= 15 is 0 Å². The first kappa shape index (κ1) is 14.3. The van der Waals surface area contributed by atoms with E-state index in [4.69, 9.17) is 4.74 Å². The van der Waals surface area contributed by atoms with E-state index in [9.17, 15) is 5.11 Å². The van der Waals surface area contributed by atoms with Gasteiger partial charge in [-0.05, 0) is 25.0 Å². The summed E-state index contributed by atoms with van der Waals surface area (Å²) in [7, 11) is 1.65. The quantitative estimate of drug-likeness (QED) is 0.887. The van der Waals surface area contributed by atoms with Gasteiger partial charge in [-0.1, -0.05) is 31.0 Å². The summed E-state index contributed by atoms with van der Waals surface area (Å²) in [6.07, 6.45) is 4.43. The number of benzene rings is 1. The van der Waals surface area contributed by atoms with Crippen LogP contribution in [0, 0.1) is 0 Å². The molecule has 0 saturated heterocycles. The number of rotatable bonds is 5. The number of hydrogen-bond donors (Lipinski definition) is 2. The Hall–Kier alpha value is -1.65. The van der Waals surface area contributed by atoms with E-state index in [0.29, 0.717) is 12.4 Å². The molecule has 21 heavy (non-hydrogen) atoms. The van der Waals surface area contributed by atoms with Gasteiger partial charge in [-0.25, -0.2) is 4.98 Å². The van der Waals surface area contributed by atoms with Gasteiger partial charge in [0.15, 0.2) is 0 Å². The molecule has 2 aromatic rings. The summed E-state index contributed by atoms with van der Waals surface area (Å²) in [5.41, 5.74) is 1.85. The summed E-state index contributed by atoms with van der Waals surface area (Å²) >= 11 is 0. The highest BCUT2D eigenvalue weighted by molar-refractivity contribution is 5.80. The molecule has 4 heteroatoms. The third-order valence-electron chi connectivity index (χ3n) is 4.47. The molecule has 1 aliphatic carbocycles. The number of hydrogen-bond acceptors (Lipinski definition) is 4. The minimum atomic E-state index is -0.128. The molecule has 2 N–H and O–H groups in total. The van der Waals surface area contributed by atoms with Gasteiger partial charge in [0.2, 0.25) is 5.88 Å². The lowest BCUT2D eigenvalue weighted by atomic mass is 9.98. The Kier molecular flexibility index (Phi) is 4.08. The van der Waals surface area contributed by atoms with Gasteiger partial charge in [-0.15, -0.1) is 0 Å². The van der Waals surface area contributed by atoms with Crippen LogP contribution in [0.2, 0.25) is 0 Å². The van der Waals surface area contributed by atoms with Crippen LogP contribution in [-0.4, -0.2) is 29.3 Å². The normalized spacial score (nSPS) is 17.2. The Balaban J connectivity index is 1.85. The molecular weight excluding hydrogens is 264 g/mol. The van der Waals surface area contributed by atoms with Crippen LogP contribution in [0.4, 0.5) is 0 Å².